The molecule has 0 aliphatic carbocycles. The molecule has 1 N–H and O–H groups in total. The fourth-order valence-corrected chi connectivity index (χ4v) is 3.62. The molecule has 2 atom stereocenters. The van der Waals surface area contributed by atoms with E-state index in [1.54, 1.807) is 24.5 Å². The lowest BCUT2D eigenvalue weighted by Crippen LogP contribution is -2.50. The zero-order valence-electron chi connectivity index (χ0n) is 13.4. The summed E-state index contributed by atoms with van der Waals surface area (Å²) < 4.78 is 11.2. The second kappa shape index (κ2) is 6.24. The van der Waals surface area contributed by atoms with E-state index in [1.165, 1.54) is 12.5 Å². The van der Waals surface area contributed by atoms with Crippen LogP contribution >= 0.6 is 0 Å². The smallest absolute Gasteiger partial charge is 0.257 e. The molecule has 7 nitrogen and oxygen atoms in total. The molecule has 1 spiro atoms. The predicted octanol–water partition coefficient (Wildman–Crippen LogP) is 1.95. The fraction of sp³-hybridized carbons (Fsp3) is 0.471. The van der Waals surface area contributed by atoms with Crippen LogP contribution in [0.1, 0.15) is 29.6 Å². The summed E-state index contributed by atoms with van der Waals surface area (Å²) in [4.78, 5) is 22.8. The Hall–Kier alpha value is -2.41. The zero-order valence-corrected chi connectivity index (χ0v) is 13.4. The maximum Gasteiger partial charge on any atom is 0.257 e. The van der Waals surface area contributed by atoms with Crippen LogP contribution in [0.2, 0.25) is 0 Å². The Balaban J connectivity index is 1.41. The number of nitrogens with one attached hydrogen (secondary N) is 1. The highest BCUT2D eigenvalue weighted by molar-refractivity contribution is 5.93. The number of furan rings is 1. The van der Waals surface area contributed by atoms with E-state index >= 15 is 0 Å². The lowest BCUT2D eigenvalue weighted by molar-refractivity contribution is -0.0447. The van der Waals surface area contributed by atoms with E-state index in [-0.39, 0.29) is 17.6 Å². The van der Waals surface area contributed by atoms with Gasteiger partial charge in [0.25, 0.3) is 5.91 Å². The Kier molecular flexibility index (Phi) is 3.93. The number of likely N-dealkylation sites (tertiary alicyclic amines) is 1. The fourth-order valence-electron chi connectivity index (χ4n) is 3.62. The zero-order chi connectivity index (χ0) is 16.4. The van der Waals surface area contributed by atoms with Crippen LogP contribution in [0, 0.1) is 0 Å². The summed E-state index contributed by atoms with van der Waals surface area (Å²) >= 11 is 0. The molecule has 4 rings (SSSR count). The third-order valence-electron chi connectivity index (χ3n) is 4.70. The normalized spacial score (nSPS) is 26.7. The average Bonchev–Trinajstić information content (AvgIpc) is 3.26. The number of aromatic nitrogens is 2. The van der Waals surface area contributed by atoms with Crippen molar-refractivity contribution in [3.63, 3.8) is 0 Å². The van der Waals surface area contributed by atoms with Gasteiger partial charge in [0.15, 0.2) is 0 Å². The van der Waals surface area contributed by atoms with Gasteiger partial charge in [-0.05, 0) is 25.0 Å². The minimum Gasteiger partial charge on any atom is -0.472 e. The van der Waals surface area contributed by atoms with Gasteiger partial charge in [-0.25, -0.2) is 9.97 Å². The molecule has 24 heavy (non-hydrogen) atoms. The van der Waals surface area contributed by atoms with Crippen molar-refractivity contribution in [1.82, 2.24) is 14.9 Å². The molecule has 7 heteroatoms. The number of ether oxygens (including phenoxy) is 1. The third kappa shape index (κ3) is 2.99. The maximum absolute atomic E-state index is 12.5. The summed E-state index contributed by atoms with van der Waals surface area (Å²) in [6.45, 7) is 1.98. The van der Waals surface area contributed by atoms with E-state index in [9.17, 15) is 4.79 Å². The van der Waals surface area contributed by atoms with E-state index in [1.807, 2.05) is 4.90 Å². The van der Waals surface area contributed by atoms with Crippen LogP contribution < -0.4 is 5.32 Å². The second-order valence-corrected chi connectivity index (χ2v) is 6.45. The van der Waals surface area contributed by atoms with E-state index in [4.69, 9.17) is 9.15 Å². The number of piperidine rings is 1. The summed E-state index contributed by atoms with van der Waals surface area (Å²) in [5.41, 5.74) is 0.321. The van der Waals surface area contributed by atoms with Crippen LogP contribution in [-0.2, 0) is 4.74 Å². The molecule has 4 heterocycles. The quantitative estimate of drug-likeness (QED) is 0.927. The first kappa shape index (κ1) is 15.1. The molecule has 2 aromatic rings. The molecule has 2 aliphatic heterocycles. The first-order chi connectivity index (χ1) is 11.7. The number of hydrogen-bond donors (Lipinski definition) is 1. The van der Waals surface area contributed by atoms with Crippen LogP contribution in [0.5, 0.6) is 0 Å². The van der Waals surface area contributed by atoms with Crippen molar-refractivity contribution in [2.45, 2.75) is 30.9 Å². The van der Waals surface area contributed by atoms with E-state index in [0.29, 0.717) is 24.7 Å². The molecule has 2 aliphatic rings. The van der Waals surface area contributed by atoms with Crippen molar-refractivity contribution in [2.24, 2.45) is 0 Å². The predicted molar refractivity (Wildman–Crippen MR) is 86.6 cm³/mol. The van der Waals surface area contributed by atoms with Gasteiger partial charge in [0.05, 0.1) is 36.6 Å². The summed E-state index contributed by atoms with van der Waals surface area (Å²) in [6.07, 6.45) is 9.21. The first-order valence-corrected chi connectivity index (χ1v) is 8.23. The Morgan fingerprint density at radius 1 is 1.38 bits per heavy atom. The molecular formula is C17H20N4O3. The largest absolute Gasteiger partial charge is 0.472 e. The Bertz CT molecular complexity index is 691. The van der Waals surface area contributed by atoms with Gasteiger partial charge in [-0.1, -0.05) is 0 Å². The van der Waals surface area contributed by atoms with Crippen LogP contribution in [0.4, 0.5) is 5.95 Å². The molecule has 2 saturated heterocycles. The number of carbonyl (C=O) groups is 1. The topological polar surface area (TPSA) is 80.5 Å². The standard InChI is InChI=1S/C17H20N4O3/c22-15(13-3-8-23-10-13)21-7-1-4-17(12-21)9-14(11-24-17)20-16-18-5-2-6-19-16/h2-3,5-6,8,10,14H,1,4,7,9,11-12H2,(H,18,19,20)/t14-,17+/m0/s1. The molecule has 126 valence electrons. The van der Waals surface area contributed by atoms with Gasteiger partial charge < -0.3 is 19.4 Å². The molecule has 0 bridgehead atoms. The van der Waals surface area contributed by atoms with Crippen molar-refractivity contribution < 1.29 is 13.9 Å². The Morgan fingerprint density at radius 2 is 2.25 bits per heavy atom. The van der Waals surface area contributed by atoms with Crippen molar-refractivity contribution in [3.8, 4) is 0 Å². The molecule has 0 aromatic carbocycles. The van der Waals surface area contributed by atoms with Gasteiger partial charge in [-0.15, -0.1) is 0 Å². The summed E-state index contributed by atoms with van der Waals surface area (Å²) in [6, 6.07) is 3.66. The van der Waals surface area contributed by atoms with E-state index in [0.717, 1.165) is 25.8 Å². The highest BCUT2D eigenvalue weighted by Crippen LogP contribution is 2.36. The van der Waals surface area contributed by atoms with Crippen molar-refractivity contribution in [1.29, 1.82) is 0 Å². The van der Waals surface area contributed by atoms with E-state index < -0.39 is 0 Å². The van der Waals surface area contributed by atoms with Gasteiger partial charge >= 0.3 is 0 Å². The summed E-state index contributed by atoms with van der Waals surface area (Å²) in [5.74, 6) is 0.625. The van der Waals surface area contributed by atoms with E-state index in [2.05, 4.69) is 15.3 Å². The third-order valence-corrected chi connectivity index (χ3v) is 4.70. The molecule has 0 radical (unpaired) electrons. The van der Waals surface area contributed by atoms with Crippen molar-refractivity contribution in [2.75, 3.05) is 25.0 Å². The van der Waals surface area contributed by atoms with Crippen molar-refractivity contribution in [3.05, 3.63) is 42.6 Å². The molecule has 0 saturated carbocycles. The lowest BCUT2D eigenvalue weighted by Gasteiger charge is -2.39. The summed E-state index contributed by atoms with van der Waals surface area (Å²) in [7, 11) is 0. The number of carbonyl (C=O) groups excluding carboxylic acids is 1. The maximum atomic E-state index is 12.5. The molecule has 2 fully saturated rings. The molecule has 0 unspecified atom stereocenters. The van der Waals surface area contributed by atoms with Crippen LogP contribution in [-0.4, -0.2) is 52.1 Å². The lowest BCUT2D eigenvalue weighted by atomic mass is 9.88. The number of amides is 1. The highest BCUT2D eigenvalue weighted by Gasteiger charge is 2.44. The van der Waals surface area contributed by atoms with Crippen LogP contribution in [0.25, 0.3) is 0 Å². The van der Waals surface area contributed by atoms with Gasteiger partial charge in [0.2, 0.25) is 5.95 Å². The van der Waals surface area contributed by atoms with Gasteiger partial charge in [-0.3, -0.25) is 4.79 Å². The van der Waals surface area contributed by atoms with Gasteiger partial charge in [-0.2, -0.15) is 0 Å². The Morgan fingerprint density at radius 3 is 3.04 bits per heavy atom. The number of hydrogen-bond acceptors (Lipinski definition) is 6. The molecular weight excluding hydrogens is 308 g/mol. The van der Waals surface area contributed by atoms with Crippen molar-refractivity contribution >= 4 is 11.9 Å². The summed E-state index contributed by atoms with van der Waals surface area (Å²) in [5, 5.41) is 3.32. The van der Waals surface area contributed by atoms with Gasteiger partial charge in [0.1, 0.15) is 6.26 Å². The first-order valence-electron chi connectivity index (χ1n) is 8.23. The molecule has 2 aromatic heterocycles. The minimum absolute atomic E-state index is 0.00854. The van der Waals surface area contributed by atoms with Crippen LogP contribution in [0.15, 0.2) is 41.5 Å². The number of anilines is 1. The highest BCUT2D eigenvalue weighted by atomic mass is 16.5. The monoisotopic (exact) mass is 328 g/mol. The average molecular weight is 328 g/mol. The second-order valence-electron chi connectivity index (χ2n) is 6.45. The number of rotatable bonds is 3. The Labute approximate surface area is 140 Å². The van der Waals surface area contributed by atoms with Crippen LogP contribution in [0.3, 0.4) is 0 Å². The molecule has 1 amide bonds. The number of nitrogens with zero attached hydrogens (tertiary/aromatic N) is 3. The van der Waals surface area contributed by atoms with Gasteiger partial charge in [0, 0.05) is 25.4 Å². The minimum atomic E-state index is -0.274. The SMILES string of the molecule is O=C(c1ccoc1)N1CCC[C@@]2(C[C@H](Nc3ncccn3)CO2)C1.